The molecule has 0 spiro atoms. The maximum atomic E-state index is 11.8. The number of hydrogen-bond donors (Lipinski definition) is 0. The number of carbonyl (C=O) groups excluding carboxylic acids is 1. The zero-order valence-electron chi connectivity index (χ0n) is 10.3. The molecule has 3 rings (SSSR count). The molecule has 1 aromatic rings. The Labute approximate surface area is 106 Å². The second kappa shape index (κ2) is 5.14. The number of furan rings is 1. The fourth-order valence-corrected chi connectivity index (χ4v) is 2.54. The molecule has 18 heavy (non-hydrogen) atoms. The highest BCUT2D eigenvalue weighted by atomic mass is 16.5. The third kappa shape index (κ3) is 2.58. The third-order valence-electron chi connectivity index (χ3n) is 3.71. The Bertz CT molecular complexity index is 392. The van der Waals surface area contributed by atoms with Crippen LogP contribution in [0.5, 0.6) is 0 Å². The lowest BCUT2D eigenvalue weighted by Crippen LogP contribution is -2.14. The molecule has 98 valence electrons. The van der Waals surface area contributed by atoms with Crippen LogP contribution in [0.3, 0.4) is 0 Å². The summed E-state index contributed by atoms with van der Waals surface area (Å²) in [4.78, 5) is 11.8. The fraction of sp³-hybridized carbons (Fsp3) is 0.643. The molecule has 1 aromatic heterocycles. The second-order valence-corrected chi connectivity index (χ2v) is 5.06. The predicted octanol–water partition coefficient (Wildman–Crippen LogP) is 2.50. The van der Waals surface area contributed by atoms with Crippen molar-refractivity contribution in [1.29, 1.82) is 0 Å². The highest BCUT2D eigenvalue weighted by Crippen LogP contribution is 2.48. The first-order chi connectivity index (χ1) is 8.84. The molecule has 1 saturated heterocycles. The van der Waals surface area contributed by atoms with E-state index in [9.17, 15) is 4.79 Å². The zero-order chi connectivity index (χ0) is 12.4. The summed E-state index contributed by atoms with van der Waals surface area (Å²) in [6.45, 7) is 1.33. The van der Waals surface area contributed by atoms with Crippen molar-refractivity contribution >= 4 is 5.97 Å². The molecular weight excluding hydrogens is 232 g/mol. The number of ether oxygens (including phenoxy) is 2. The van der Waals surface area contributed by atoms with Gasteiger partial charge in [-0.3, -0.25) is 4.79 Å². The largest absolute Gasteiger partial charge is 0.469 e. The van der Waals surface area contributed by atoms with E-state index in [1.807, 2.05) is 12.1 Å². The first kappa shape index (κ1) is 11.8. The molecule has 0 unspecified atom stereocenters. The van der Waals surface area contributed by atoms with Crippen LogP contribution in [-0.4, -0.2) is 25.3 Å². The number of esters is 1. The van der Waals surface area contributed by atoms with Crippen LogP contribution < -0.4 is 0 Å². The molecule has 4 nitrogen and oxygen atoms in total. The van der Waals surface area contributed by atoms with Gasteiger partial charge in [0.2, 0.25) is 0 Å². The smallest absolute Gasteiger partial charge is 0.309 e. The topological polar surface area (TPSA) is 48.7 Å². The van der Waals surface area contributed by atoms with E-state index in [1.54, 1.807) is 6.26 Å². The van der Waals surface area contributed by atoms with Gasteiger partial charge in [0.05, 0.1) is 24.9 Å². The van der Waals surface area contributed by atoms with Crippen LogP contribution in [0.25, 0.3) is 0 Å². The van der Waals surface area contributed by atoms with E-state index in [4.69, 9.17) is 13.9 Å². The van der Waals surface area contributed by atoms with Crippen LogP contribution in [0.4, 0.5) is 0 Å². The molecule has 0 bridgehead atoms. The van der Waals surface area contributed by atoms with Gasteiger partial charge >= 0.3 is 5.97 Å². The lowest BCUT2D eigenvalue weighted by Gasteiger charge is -2.09. The minimum Gasteiger partial charge on any atom is -0.469 e. The van der Waals surface area contributed by atoms with Crippen LogP contribution >= 0.6 is 0 Å². The van der Waals surface area contributed by atoms with E-state index >= 15 is 0 Å². The highest BCUT2D eigenvalue weighted by molar-refractivity contribution is 5.77. The van der Waals surface area contributed by atoms with Crippen LogP contribution in [0.1, 0.15) is 37.4 Å². The summed E-state index contributed by atoms with van der Waals surface area (Å²) in [7, 11) is 0. The molecular formula is C14H18O4. The molecule has 1 aliphatic heterocycles. The Kier molecular flexibility index (Phi) is 3.37. The lowest BCUT2D eigenvalue weighted by atomic mass is 10.2. The van der Waals surface area contributed by atoms with Gasteiger partial charge in [-0.1, -0.05) is 0 Å². The van der Waals surface area contributed by atoms with E-state index in [0.717, 1.165) is 38.1 Å². The van der Waals surface area contributed by atoms with Crippen molar-refractivity contribution in [1.82, 2.24) is 0 Å². The molecule has 2 aliphatic rings. The number of rotatable bonds is 5. The Hall–Kier alpha value is -1.29. The van der Waals surface area contributed by atoms with Gasteiger partial charge in [0.1, 0.15) is 5.76 Å². The minimum atomic E-state index is -0.0885. The van der Waals surface area contributed by atoms with Crippen molar-refractivity contribution in [2.24, 2.45) is 5.92 Å². The quantitative estimate of drug-likeness (QED) is 0.753. The Balaban J connectivity index is 1.38. The summed E-state index contributed by atoms with van der Waals surface area (Å²) in [6.07, 6.45) is 5.83. The van der Waals surface area contributed by atoms with Crippen molar-refractivity contribution in [3.8, 4) is 0 Å². The Morgan fingerprint density at radius 2 is 2.44 bits per heavy atom. The molecule has 0 N–H and O–H groups in total. The van der Waals surface area contributed by atoms with E-state index < -0.39 is 0 Å². The van der Waals surface area contributed by atoms with E-state index in [-0.39, 0.29) is 23.9 Å². The highest BCUT2D eigenvalue weighted by Gasteiger charge is 2.47. The van der Waals surface area contributed by atoms with Crippen LogP contribution in [0, 0.1) is 5.92 Å². The van der Waals surface area contributed by atoms with Gasteiger partial charge < -0.3 is 13.9 Å². The summed E-state index contributed by atoms with van der Waals surface area (Å²) in [5, 5.41) is 0. The summed E-state index contributed by atoms with van der Waals surface area (Å²) < 4.78 is 16.1. The van der Waals surface area contributed by atoms with Gasteiger partial charge in [0, 0.05) is 18.9 Å². The number of carbonyl (C=O) groups is 1. The molecule has 0 radical (unpaired) electrons. The monoisotopic (exact) mass is 250 g/mol. The maximum Gasteiger partial charge on any atom is 0.309 e. The first-order valence-corrected chi connectivity index (χ1v) is 6.66. The van der Waals surface area contributed by atoms with E-state index in [1.165, 1.54) is 0 Å². The van der Waals surface area contributed by atoms with Crippen LogP contribution in [-0.2, 0) is 14.3 Å². The molecule has 2 fully saturated rings. The molecule has 0 amide bonds. The van der Waals surface area contributed by atoms with Crippen LogP contribution in [0.15, 0.2) is 22.8 Å². The van der Waals surface area contributed by atoms with Gasteiger partial charge in [-0.15, -0.1) is 0 Å². The predicted molar refractivity (Wildman–Crippen MR) is 64.1 cm³/mol. The maximum absolute atomic E-state index is 11.8. The van der Waals surface area contributed by atoms with Crippen molar-refractivity contribution in [2.45, 2.75) is 37.7 Å². The summed E-state index contributed by atoms with van der Waals surface area (Å²) in [5.41, 5.74) is 0. The minimum absolute atomic E-state index is 0.000599. The van der Waals surface area contributed by atoms with Gasteiger partial charge in [-0.25, -0.2) is 0 Å². The van der Waals surface area contributed by atoms with Gasteiger partial charge in [-0.05, 0) is 31.4 Å². The zero-order valence-corrected chi connectivity index (χ0v) is 10.3. The average Bonchev–Trinajstić information content (AvgIpc) is 2.84. The van der Waals surface area contributed by atoms with Crippen molar-refractivity contribution < 1.29 is 18.7 Å². The summed E-state index contributed by atoms with van der Waals surface area (Å²) >= 11 is 0. The summed E-state index contributed by atoms with van der Waals surface area (Å²) in [5.74, 6) is 1.04. The standard InChI is InChI=1S/C14H18O4/c15-14(18-8-5-10-3-1-6-16-10)12-9-11(12)13-4-2-7-17-13/h2,4,7,10-12H,1,3,5-6,8-9H2/t10-,11+,12+/m0/s1. The Morgan fingerprint density at radius 1 is 1.50 bits per heavy atom. The SMILES string of the molecule is O=C(OCC[C@@H]1CCCO1)[C@@H]1C[C@H]1c1ccco1. The molecule has 3 atom stereocenters. The van der Waals surface area contributed by atoms with Gasteiger partial charge in [-0.2, -0.15) is 0 Å². The Morgan fingerprint density at radius 3 is 3.17 bits per heavy atom. The lowest BCUT2D eigenvalue weighted by molar-refractivity contribution is -0.146. The fourth-order valence-electron chi connectivity index (χ4n) is 2.54. The van der Waals surface area contributed by atoms with Gasteiger partial charge in [0.25, 0.3) is 0 Å². The van der Waals surface area contributed by atoms with Gasteiger partial charge in [0.15, 0.2) is 0 Å². The molecule has 2 heterocycles. The van der Waals surface area contributed by atoms with Crippen LogP contribution in [0.2, 0.25) is 0 Å². The van der Waals surface area contributed by atoms with E-state index in [0.29, 0.717) is 6.61 Å². The normalized spacial score (nSPS) is 30.3. The van der Waals surface area contributed by atoms with Crippen molar-refractivity contribution in [3.63, 3.8) is 0 Å². The third-order valence-corrected chi connectivity index (χ3v) is 3.71. The molecule has 4 heteroatoms. The van der Waals surface area contributed by atoms with Crippen molar-refractivity contribution in [2.75, 3.05) is 13.2 Å². The number of hydrogen-bond acceptors (Lipinski definition) is 4. The second-order valence-electron chi connectivity index (χ2n) is 5.06. The molecule has 1 saturated carbocycles. The van der Waals surface area contributed by atoms with Crippen molar-refractivity contribution in [3.05, 3.63) is 24.2 Å². The first-order valence-electron chi connectivity index (χ1n) is 6.66. The summed E-state index contributed by atoms with van der Waals surface area (Å²) in [6, 6.07) is 3.78. The average molecular weight is 250 g/mol. The van der Waals surface area contributed by atoms with E-state index in [2.05, 4.69) is 0 Å². The molecule has 0 aromatic carbocycles. The molecule has 1 aliphatic carbocycles.